The van der Waals surface area contributed by atoms with E-state index in [-0.39, 0.29) is 17.7 Å². The molecule has 118 valence electrons. The fraction of sp³-hybridized carbons (Fsp3) is 0.526. The molecule has 3 rings (SSSR count). The van der Waals surface area contributed by atoms with Gasteiger partial charge in [0.15, 0.2) is 0 Å². The normalized spacial score (nSPS) is 31.4. The van der Waals surface area contributed by atoms with Gasteiger partial charge in [-0.25, -0.2) is 0 Å². The first-order chi connectivity index (χ1) is 10.7. The Hall–Kier alpha value is -1.61. The molecule has 3 unspecified atom stereocenters. The molecular weight excluding hydrogens is 274 g/mol. The summed E-state index contributed by atoms with van der Waals surface area (Å²) in [7, 11) is 1.71. The van der Waals surface area contributed by atoms with Gasteiger partial charge in [-0.05, 0) is 43.7 Å². The molecule has 3 atom stereocenters. The minimum atomic E-state index is -0.117. The Kier molecular flexibility index (Phi) is 4.34. The molecule has 1 saturated carbocycles. The highest BCUT2D eigenvalue weighted by atomic mass is 16.5. The second-order valence-corrected chi connectivity index (χ2v) is 6.46. The van der Waals surface area contributed by atoms with Crippen molar-refractivity contribution in [1.82, 2.24) is 4.90 Å². The zero-order valence-corrected chi connectivity index (χ0v) is 13.3. The van der Waals surface area contributed by atoms with Crippen molar-refractivity contribution >= 4 is 5.91 Å². The van der Waals surface area contributed by atoms with Gasteiger partial charge in [0.05, 0.1) is 5.54 Å². The van der Waals surface area contributed by atoms with Gasteiger partial charge in [-0.1, -0.05) is 37.1 Å². The first-order valence-electron chi connectivity index (χ1n) is 8.27. The predicted molar refractivity (Wildman–Crippen MR) is 87.5 cm³/mol. The van der Waals surface area contributed by atoms with Gasteiger partial charge >= 0.3 is 0 Å². The van der Waals surface area contributed by atoms with E-state index in [1.807, 2.05) is 35.2 Å². The second-order valence-electron chi connectivity index (χ2n) is 6.46. The predicted octanol–water partition coefficient (Wildman–Crippen LogP) is 4.01. The molecule has 3 heteroatoms. The molecule has 0 radical (unpaired) electrons. The number of likely N-dealkylation sites (tertiary alicyclic amines) is 1. The molecule has 1 aliphatic carbocycles. The van der Waals surface area contributed by atoms with Gasteiger partial charge in [-0.2, -0.15) is 0 Å². The number of methoxy groups -OCH3 is 1. The van der Waals surface area contributed by atoms with Crippen molar-refractivity contribution in [3.8, 4) is 0 Å². The molecule has 0 aromatic heterocycles. The standard InChI is InChI=1S/C19H25NO2/c1-3-16-11-7-8-13-19(16)14-12-17(22-2)20(19)18(21)15-9-5-4-6-10-15/h3-6,9-10,16-17H,1,7-8,11-14H2,2H3. The lowest BCUT2D eigenvalue weighted by Gasteiger charge is -2.47. The lowest BCUT2D eigenvalue weighted by Crippen LogP contribution is -2.56. The van der Waals surface area contributed by atoms with Crippen molar-refractivity contribution in [3.63, 3.8) is 0 Å². The summed E-state index contributed by atoms with van der Waals surface area (Å²) >= 11 is 0. The molecule has 2 fully saturated rings. The van der Waals surface area contributed by atoms with Crippen LogP contribution in [0.4, 0.5) is 0 Å². The molecule has 0 bridgehead atoms. The van der Waals surface area contributed by atoms with Crippen LogP contribution in [0.25, 0.3) is 0 Å². The highest BCUT2D eigenvalue weighted by Crippen LogP contribution is 2.48. The number of nitrogens with zero attached hydrogens (tertiary/aromatic N) is 1. The molecule has 1 saturated heterocycles. The van der Waals surface area contributed by atoms with Crippen LogP contribution in [0.15, 0.2) is 43.0 Å². The smallest absolute Gasteiger partial charge is 0.256 e. The Morgan fingerprint density at radius 3 is 2.73 bits per heavy atom. The van der Waals surface area contributed by atoms with E-state index in [0.717, 1.165) is 31.2 Å². The average molecular weight is 299 g/mol. The maximum Gasteiger partial charge on any atom is 0.256 e. The summed E-state index contributed by atoms with van der Waals surface area (Å²) in [5, 5.41) is 0. The van der Waals surface area contributed by atoms with Crippen molar-refractivity contribution in [2.24, 2.45) is 5.92 Å². The van der Waals surface area contributed by atoms with E-state index < -0.39 is 0 Å². The van der Waals surface area contributed by atoms with Crippen LogP contribution >= 0.6 is 0 Å². The monoisotopic (exact) mass is 299 g/mol. The summed E-state index contributed by atoms with van der Waals surface area (Å²) in [6.07, 6.45) is 8.46. The third-order valence-corrected chi connectivity index (χ3v) is 5.45. The van der Waals surface area contributed by atoms with E-state index in [2.05, 4.69) is 12.7 Å². The lowest BCUT2D eigenvalue weighted by atomic mass is 9.71. The van der Waals surface area contributed by atoms with E-state index in [1.54, 1.807) is 7.11 Å². The van der Waals surface area contributed by atoms with Crippen LogP contribution < -0.4 is 0 Å². The molecule has 1 aliphatic heterocycles. The average Bonchev–Trinajstić information content (AvgIpc) is 2.94. The number of benzene rings is 1. The van der Waals surface area contributed by atoms with Crippen LogP contribution in [0.2, 0.25) is 0 Å². The zero-order chi connectivity index (χ0) is 15.6. The Labute approximate surface area is 133 Å². The maximum absolute atomic E-state index is 13.2. The summed E-state index contributed by atoms with van der Waals surface area (Å²) in [6.45, 7) is 4.04. The van der Waals surface area contributed by atoms with Crippen molar-refractivity contribution in [1.29, 1.82) is 0 Å². The van der Waals surface area contributed by atoms with Crippen LogP contribution in [-0.4, -0.2) is 29.7 Å². The Morgan fingerprint density at radius 1 is 1.27 bits per heavy atom. The SMILES string of the molecule is C=CC1CCCCC12CCC(OC)N2C(=O)c1ccccc1. The number of rotatable bonds is 3. The van der Waals surface area contributed by atoms with Crippen LogP contribution in [0.1, 0.15) is 48.9 Å². The van der Waals surface area contributed by atoms with Crippen LogP contribution in [0.3, 0.4) is 0 Å². The fourth-order valence-corrected chi connectivity index (χ4v) is 4.38. The molecule has 1 aromatic carbocycles. The number of hydrogen-bond acceptors (Lipinski definition) is 2. The summed E-state index contributed by atoms with van der Waals surface area (Å²) in [5.41, 5.74) is 0.646. The quantitative estimate of drug-likeness (QED) is 0.789. The van der Waals surface area contributed by atoms with Gasteiger partial charge in [0.1, 0.15) is 6.23 Å². The summed E-state index contributed by atoms with van der Waals surface area (Å²) in [6, 6.07) is 9.57. The van der Waals surface area contributed by atoms with Gasteiger partial charge in [-0.3, -0.25) is 4.79 Å². The largest absolute Gasteiger partial charge is 0.362 e. The van der Waals surface area contributed by atoms with E-state index in [9.17, 15) is 4.79 Å². The highest BCUT2D eigenvalue weighted by molar-refractivity contribution is 5.95. The molecule has 1 heterocycles. The zero-order valence-electron chi connectivity index (χ0n) is 13.3. The van der Waals surface area contributed by atoms with E-state index in [1.165, 1.54) is 12.8 Å². The van der Waals surface area contributed by atoms with Crippen LogP contribution in [0.5, 0.6) is 0 Å². The van der Waals surface area contributed by atoms with E-state index in [4.69, 9.17) is 4.74 Å². The van der Waals surface area contributed by atoms with Gasteiger partial charge in [-0.15, -0.1) is 6.58 Å². The van der Waals surface area contributed by atoms with Crippen molar-refractivity contribution < 1.29 is 9.53 Å². The first-order valence-corrected chi connectivity index (χ1v) is 8.27. The molecule has 1 aromatic rings. The van der Waals surface area contributed by atoms with Gasteiger partial charge < -0.3 is 9.64 Å². The van der Waals surface area contributed by atoms with Gasteiger partial charge in [0, 0.05) is 12.7 Å². The molecule has 1 spiro atoms. The minimum Gasteiger partial charge on any atom is -0.362 e. The first kappa shape index (κ1) is 15.3. The summed E-state index contributed by atoms with van der Waals surface area (Å²) < 4.78 is 5.66. The number of hydrogen-bond donors (Lipinski definition) is 0. The maximum atomic E-state index is 13.2. The summed E-state index contributed by atoms with van der Waals surface area (Å²) in [5.74, 6) is 0.466. The molecule has 2 aliphatic rings. The van der Waals surface area contributed by atoms with Crippen LogP contribution in [0, 0.1) is 5.92 Å². The number of ether oxygens (including phenoxy) is 1. The molecular formula is C19H25NO2. The minimum absolute atomic E-state index is 0.0960. The molecule has 22 heavy (non-hydrogen) atoms. The number of carbonyl (C=O) groups is 1. The van der Waals surface area contributed by atoms with Crippen LogP contribution in [-0.2, 0) is 4.74 Å². The Morgan fingerprint density at radius 2 is 2.05 bits per heavy atom. The lowest BCUT2D eigenvalue weighted by molar-refractivity contribution is -0.0497. The Balaban J connectivity index is 1.99. The third-order valence-electron chi connectivity index (χ3n) is 5.45. The molecule has 3 nitrogen and oxygen atoms in total. The van der Waals surface area contributed by atoms with E-state index >= 15 is 0 Å². The van der Waals surface area contributed by atoms with Crippen molar-refractivity contribution in [2.75, 3.05) is 7.11 Å². The van der Waals surface area contributed by atoms with Gasteiger partial charge in [0.25, 0.3) is 5.91 Å². The van der Waals surface area contributed by atoms with Crippen molar-refractivity contribution in [2.45, 2.75) is 50.3 Å². The fourth-order valence-electron chi connectivity index (χ4n) is 4.38. The Bertz CT molecular complexity index is 542. The van der Waals surface area contributed by atoms with Gasteiger partial charge in [0.2, 0.25) is 0 Å². The highest BCUT2D eigenvalue weighted by Gasteiger charge is 2.53. The molecule has 0 N–H and O–H groups in total. The number of carbonyl (C=O) groups excluding carboxylic acids is 1. The molecule has 1 amide bonds. The third kappa shape index (κ3) is 2.38. The second kappa shape index (κ2) is 6.25. The summed E-state index contributed by atoms with van der Waals surface area (Å²) in [4.78, 5) is 15.2. The van der Waals surface area contributed by atoms with Crippen molar-refractivity contribution in [3.05, 3.63) is 48.6 Å². The number of amides is 1. The van der Waals surface area contributed by atoms with E-state index in [0.29, 0.717) is 5.92 Å². The topological polar surface area (TPSA) is 29.5 Å².